The van der Waals surface area contributed by atoms with Crippen LogP contribution in [0, 0.1) is 17.0 Å². The normalized spacial score (nSPS) is 10.2. The molecule has 0 bridgehead atoms. The molecule has 26 heavy (non-hydrogen) atoms. The predicted octanol–water partition coefficient (Wildman–Crippen LogP) is 2.21. The van der Waals surface area contributed by atoms with Gasteiger partial charge in [0.1, 0.15) is 5.56 Å². The van der Waals surface area contributed by atoms with Crippen molar-refractivity contribution in [2.75, 3.05) is 0 Å². The van der Waals surface area contributed by atoms with Gasteiger partial charge in [0, 0.05) is 69.4 Å². The maximum Gasteiger partial charge on any atom is 0.326 e. The number of benzene rings is 2. The molecule has 9 nitrogen and oxygen atoms in total. The average Bonchev–Trinajstić information content (AvgIpc) is 3.03. The SMILES string of the molecule is Cc1nc(-c2cc(O)c(O)c([N+](=O)[O-])c2C(=O)c2ccccc2)no1.[K]. The van der Waals surface area contributed by atoms with Crippen LogP contribution in [0.5, 0.6) is 11.5 Å². The van der Waals surface area contributed by atoms with E-state index >= 15 is 0 Å². The Kier molecular flexibility index (Phi) is 6.26. The van der Waals surface area contributed by atoms with Crippen molar-refractivity contribution in [1.29, 1.82) is 0 Å². The fraction of sp³-hybridized carbons (Fsp3) is 0.0625. The predicted molar refractivity (Wildman–Crippen MR) is 90.1 cm³/mol. The van der Waals surface area contributed by atoms with Gasteiger partial charge in [0.2, 0.25) is 23.2 Å². The Hall–Kier alpha value is -2.11. The van der Waals surface area contributed by atoms with Crippen molar-refractivity contribution in [2.45, 2.75) is 6.92 Å². The van der Waals surface area contributed by atoms with E-state index in [1.165, 1.54) is 19.1 Å². The fourth-order valence-corrected chi connectivity index (χ4v) is 2.37. The number of nitro groups is 1. The van der Waals surface area contributed by atoms with Crippen LogP contribution in [-0.2, 0) is 0 Å². The number of phenolic OH excluding ortho intramolecular Hbond substituents is 2. The number of hydrogen-bond acceptors (Lipinski definition) is 8. The molecular formula is C16H11KN3O6. The van der Waals surface area contributed by atoms with Gasteiger partial charge in [-0.2, -0.15) is 4.98 Å². The van der Waals surface area contributed by atoms with E-state index in [9.17, 15) is 25.1 Å². The maximum atomic E-state index is 12.9. The van der Waals surface area contributed by atoms with Crippen LogP contribution in [-0.4, -0.2) is 82.4 Å². The summed E-state index contributed by atoms with van der Waals surface area (Å²) in [5, 5.41) is 34.8. The largest absolute Gasteiger partial charge is 0.504 e. The standard InChI is InChI=1S/C16H11N3O6.K/c1-8-17-16(18-25-8)10-7-11(20)15(22)13(19(23)24)12(10)14(21)9-5-3-2-4-6-9;/h2-7,20,22H,1H3;. The van der Waals surface area contributed by atoms with Crippen molar-refractivity contribution in [3.63, 3.8) is 0 Å². The van der Waals surface area contributed by atoms with Crippen molar-refractivity contribution < 1.29 is 24.5 Å². The summed E-state index contributed by atoms with van der Waals surface area (Å²) >= 11 is 0. The third-order valence-corrected chi connectivity index (χ3v) is 3.47. The molecule has 2 aromatic carbocycles. The van der Waals surface area contributed by atoms with Crippen LogP contribution < -0.4 is 0 Å². The summed E-state index contributed by atoms with van der Waals surface area (Å²) in [4.78, 5) is 27.3. The summed E-state index contributed by atoms with van der Waals surface area (Å²) < 4.78 is 4.84. The smallest absolute Gasteiger partial charge is 0.326 e. The zero-order valence-corrected chi connectivity index (χ0v) is 17.0. The first-order chi connectivity index (χ1) is 11.9. The molecule has 0 amide bonds. The van der Waals surface area contributed by atoms with E-state index in [0.717, 1.165) is 6.07 Å². The molecule has 0 saturated carbocycles. The van der Waals surface area contributed by atoms with Gasteiger partial charge in [0.15, 0.2) is 5.75 Å². The van der Waals surface area contributed by atoms with E-state index in [1.807, 2.05) is 0 Å². The van der Waals surface area contributed by atoms with Gasteiger partial charge in [-0.05, 0) is 6.07 Å². The third-order valence-electron chi connectivity index (χ3n) is 3.47. The topological polar surface area (TPSA) is 140 Å². The average molecular weight is 380 g/mol. The van der Waals surface area contributed by atoms with Gasteiger partial charge in [-0.3, -0.25) is 14.9 Å². The van der Waals surface area contributed by atoms with Gasteiger partial charge in [-0.25, -0.2) is 0 Å². The van der Waals surface area contributed by atoms with E-state index in [4.69, 9.17) is 4.52 Å². The van der Waals surface area contributed by atoms with Gasteiger partial charge in [-0.1, -0.05) is 35.5 Å². The van der Waals surface area contributed by atoms with Gasteiger partial charge in [0.25, 0.3) is 0 Å². The van der Waals surface area contributed by atoms with Crippen LogP contribution >= 0.6 is 0 Å². The van der Waals surface area contributed by atoms with Crippen LogP contribution in [0.25, 0.3) is 11.4 Å². The van der Waals surface area contributed by atoms with E-state index in [1.54, 1.807) is 18.2 Å². The summed E-state index contributed by atoms with van der Waals surface area (Å²) in [6.45, 7) is 1.50. The zero-order chi connectivity index (χ0) is 18.1. The summed E-state index contributed by atoms with van der Waals surface area (Å²) in [6.07, 6.45) is 0. The zero-order valence-electron chi connectivity index (χ0n) is 13.8. The second kappa shape index (κ2) is 8.06. The van der Waals surface area contributed by atoms with E-state index in [0.29, 0.717) is 0 Å². The van der Waals surface area contributed by atoms with Crippen molar-refractivity contribution >= 4 is 62.9 Å². The molecule has 2 N–H and O–H groups in total. The number of aromatic hydroxyl groups is 2. The van der Waals surface area contributed by atoms with Gasteiger partial charge in [0.05, 0.1) is 4.92 Å². The molecule has 0 atom stereocenters. The molecule has 0 aliphatic carbocycles. The van der Waals surface area contributed by atoms with Gasteiger partial charge < -0.3 is 14.7 Å². The number of carbonyl (C=O) groups is 1. The number of nitro benzene ring substituents is 1. The maximum absolute atomic E-state index is 12.9. The number of phenols is 2. The van der Waals surface area contributed by atoms with Crippen LogP contribution in [0.2, 0.25) is 0 Å². The number of aryl methyl sites for hydroxylation is 1. The number of aromatic nitrogens is 2. The van der Waals surface area contributed by atoms with Gasteiger partial charge in [-0.15, -0.1) is 0 Å². The molecule has 1 aromatic heterocycles. The number of carbonyl (C=O) groups excluding carboxylic acids is 1. The van der Waals surface area contributed by atoms with Crippen LogP contribution in [0.3, 0.4) is 0 Å². The first-order valence-electron chi connectivity index (χ1n) is 7.04. The Balaban J connectivity index is 0.00000243. The first-order valence-corrected chi connectivity index (χ1v) is 7.04. The molecule has 0 aliphatic rings. The Morgan fingerprint density at radius 2 is 1.88 bits per heavy atom. The molecule has 0 aliphatic heterocycles. The van der Waals surface area contributed by atoms with Crippen molar-refractivity contribution in [1.82, 2.24) is 10.1 Å². The molecular weight excluding hydrogens is 369 g/mol. The minimum atomic E-state index is -1.01. The second-order valence-electron chi connectivity index (χ2n) is 5.10. The number of nitrogens with zero attached hydrogens (tertiary/aromatic N) is 3. The molecule has 1 radical (unpaired) electrons. The number of ketones is 1. The molecule has 127 valence electrons. The summed E-state index contributed by atoms with van der Waals surface area (Å²) in [7, 11) is 0. The molecule has 10 heteroatoms. The summed E-state index contributed by atoms with van der Waals surface area (Å²) in [6, 6.07) is 8.81. The second-order valence-corrected chi connectivity index (χ2v) is 5.10. The minimum Gasteiger partial charge on any atom is -0.504 e. The van der Waals surface area contributed by atoms with E-state index in [-0.39, 0.29) is 74.2 Å². The molecule has 1 heterocycles. The third kappa shape index (κ3) is 3.69. The Bertz CT molecular complexity index is 987. The van der Waals surface area contributed by atoms with E-state index < -0.39 is 33.5 Å². The van der Waals surface area contributed by atoms with Crippen molar-refractivity contribution in [2.24, 2.45) is 0 Å². The number of hydrogen-bond donors (Lipinski definition) is 2. The number of rotatable bonds is 4. The van der Waals surface area contributed by atoms with E-state index in [2.05, 4.69) is 10.1 Å². The first kappa shape index (κ1) is 20.2. The summed E-state index contributed by atoms with van der Waals surface area (Å²) in [5.74, 6) is -2.44. The Morgan fingerprint density at radius 3 is 2.42 bits per heavy atom. The minimum absolute atomic E-state index is 0. The molecule has 3 aromatic rings. The monoisotopic (exact) mass is 380 g/mol. The van der Waals surface area contributed by atoms with Crippen molar-refractivity contribution in [3.8, 4) is 22.9 Å². The van der Waals surface area contributed by atoms with Crippen molar-refractivity contribution in [3.05, 3.63) is 63.5 Å². The molecule has 0 unspecified atom stereocenters. The summed E-state index contributed by atoms with van der Waals surface area (Å²) in [5.41, 5.74) is -1.32. The molecule has 3 rings (SSSR count). The Morgan fingerprint density at radius 1 is 1.23 bits per heavy atom. The Labute approximate surface area is 189 Å². The van der Waals surface area contributed by atoms with Crippen LogP contribution in [0.1, 0.15) is 21.8 Å². The molecule has 0 fully saturated rings. The molecule has 0 spiro atoms. The quantitative estimate of drug-likeness (QED) is 0.231. The molecule has 0 saturated heterocycles. The van der Waals surface area contributed by atoms with Crippen LogP contribution in [0.4, 0.5) is 5.69 Å². The fourth-order valence-electron chi connectivity index (χ4n) is 2.37. The van der Waals surface area contributed by atoms with Gasteiger partial charge >= 0.3 is 5.69 Å². The van der Waals surface area contributed by atoms with Crippen LogP contribution in [0.15, 0.2) is 40.9 Å².